The van der Waals surface area contributed by atoms with Crippen molar-refractivity contribution in [1.82, 2.24) is 4.90 Å². The van der Waals surface area contributed by atoms with E-state index < -0.39 is 0 Å². The van der Waals surface area contributed by atoms with Crippen LogP contribution >= 0.6 is 0 Å². The van der Waals surface area contributed by atoms with Crippen LogP contribution in [0.4, 0.5) is 0 Å². The average molecular weight is 998 g/mol. The Kier molecular flexibility index (Phi) is 109. The standard InChI is InChI=1S/C18H35NO2.2C10H20O5.2C4H6O2.2C2H4O/c1-2-3-4-5-6-7-8-9-10-11-14-19(15-12-17-20)16-13-18-21;2*11-3-1-2-5-13-7-9-15-10-8-14-6-4-12;2*5-3-1-2-4-6;2*1-2-3/h17-18H,2-16H2,1H3;2*3,12H,1-2,4-10H2;2*3-4H,1-2H2;2*2H,1H3. The molecule has 0 aliphatic carbocycles. The highest BCUT2D eigenvalue weighted by molar-refractivity contribution is 5.59. The fourth-order valence-corrected chi connectivity index (χ4v) is 4.65. The Morgan fingerprint density at radius 2 is 0.551 bits per heavy atom. The topological polar surface area (TPSA) is 270 Å². The summed E-state index contributed by atoms with van der Waals surface area (Å²) in [7, 11) is 0. The van der Waals surface area contributed by atoms with Gasteiger partial charge in [-0.3, -0.25) is 0 Å². The largest absolute Gasteiger partial charge is 0.394 e. The monoisotopic (exact) mass is 998 g/mol. The second-order valence-electron chi connectivity index (χ2n) is 14.0. The number of aliphatic hydroxyl groups excluding tert-OH is 2. The number of rotatable bonds is 47. The Balaban J connectivity index is -0.000000143. The molecule has 0 saturated carbocycles. The highest BCUT2D eigenvalue weighted by atomic mass is 16.6. The maximum Gasteiger partial charge on any atom is 0.121 e. The molecule has 0 aromatic carbocycles. The Morgan fingerprint density at radius 3 is 0.812 bits per heavy atom. The number of ether oxygens (including phenoxy) is 6. The third-order valence-corrected chi connectivity index (χ3v) is 7.94. The second-order valence-corrected chi connectivity index (χ2v) is 14.0. The van der Waals surface area contributed by atoms with Crippen LogP contribution in [0.25, 0.3) is 0 Å². The fourth-order valence-electron chi connectivity index (χ4n) is 4.65. The molecule has 2 N–H and O–H groups in total. The zero-order valence-corrected chi connectivity index (χ0v) is 42.8. The summed E-state index contributed by atoms with van der Waals surface area (Å²) >= 11 is 0. The maximum atomic E-state index is 10.4. The van der Waals surface area contributed by atoms with Gasteiger partial charge in [-0.25, -0.2) is 0 Å². The van der Waals surface area contributed by atoms with Gasteiger partial charge >= 0.3 is 0 Å². The first-order chi connectivity index (χ1) is 33.8. The third-order valence-electron chi connectivity index (χ3n) is 7.94. The van der Waals surface area contributed by atoms with Crippen molar-refractivity contribution in [1.29, 1.82) is 0 Å². The Bertz CT molecular complexity index is 914. The van der Waals surface area contributed by atoms with Crippen LogP contribution < -0.4 is 0 Å². The summed E-state index contributed by atoms with van der Waals surface area (Å²) in [5.74, 6) is 0. The second kappa shape index (κ2) is 94.2. The molecule has 408 valence electrons. The Hall–Kier alpha value is -3.66. The first-order valence-corrected chi connectivity index (χ1v) is 24.5. The van der Waals surface area contributed by atoms with Gasteiger partial charge in [-0.15, -0.1) is 0 Å². The van der Waals surface area contributed by atoms with Crippen LogP contribution in [0.1, 0.15) is 149 Å². The van der Waals surface area contributed by atoms with E-state index in [-0.39, 0.29) is 13.2 Å². The lowest BCUT2D eigenvalue weighted by atomic mass is 10.1. The number of hydrogen-bond acceptors (Lipinski definition) is 19. The van der Waals surface area contributed by atoms with Gasteiger partial charge in [0, 0.05) is 77.7 Å². The SMILES string of the molecule is CC=O.CC=O.CCCCCCCCCCCCN(CCC=O)CCC=O.O=CCCC=O.O=CCCC=O.O=CCCCOCCOCCOCCO.O=CCCCOCCOCCOCCO. The van der Waals surface area contributed by atoms with E-state index in [0.29, 0.717) is 131 Å². The zero-order chi connectivity index (χ0) is 53.1. The van der Waals surface area contributed by atoms with Crippen molar-refractivity contribution in [3.63, 3.8) is 0 Å². The summed E-state index contributed by atoms with van der Waals surface area (Å²) in [6, 6.07) is 0. The fraction of sp³-hybridized carbons (Fsp3) is 0.800. The highest BCUT2D eigenvalue weighted by Gasteiger charge is 2.04. The molecule has 0 amide bonds. The van der Waals surface area contributed by atoms with Crippen molar-refractivity contribution in [3.8, 4) is 0 Å². The van der Waals surface area contributed by atoms with E-state index in [4.69, 9.17) is 48.2 Å². The van der Waals surface area contributed by atoms with E-state index in [9.17, 15) is 38.4 Å². The summed E-state index contributed by atoms with van der Waals surface area (Å²) in [6.45, 7) is 13.9. The molecular weight excluding hydrogens is 903 g/mol. The van der Waals surface area contributed by atoms with Gasteiger partial charge in [-0.1, -0.05) is 64.7 Å². The molecule has 69 heavy (non-hydrogen) atoms. The number of carbonyl (C=O) groups is 10. The minimum atomic E-state index is 0.0415. The minimum Gasteiger partial charge on any atom is -0.394 e. The van der Waals surface area contributed by atoms with E-state index in [0.717, 1.165) is 95.3 Å². The lowest BCUT2D eigenvalue weighted by molar-refractivity contribution is -0.112. The van der Waals surface area contributed by atoms with Gasteiger partial charge in [0.15, 0.2) is 0 Å². The van der Waals surface area contributed by atoms with Crippen molar-refractivity contribution in [2.45, 2.75) is 149 Å². The minimum absolute atomic E-state index is 0.0415. The number of aldehydes is 10. The third kappa shape index (κ3) is 116. The van der Waals surface area contributed by atoms with Crippen molar-refractivity contribution in [2.24, 2.45) is 0 Å². The summed E-state index contributed by atoms with van der Waals surface area (Å²) in [4.78, 5) is 98.2. The van der Waals surface area contributed by atoms with Crippen molar-refractivity contribution in [2.75, 3.05) is 112 Å². The van der Waals surface area contributed by atoms with Crippen LogP contribution in [0, 0.1) is 0 Å². The van der Waals surface area contributed by atoms with Crippen LogP contribution in [0.2, 0.25) is 0 Å². The molecule has 19 heteroatoms. The van der Waals surface area contributed by atoms with Crippen LogP contribution in [0.3, 0.4) is 0 Å². The zero-order valence-electron chi connectivity index (χ0n) is 42.8. The van der Waals surface area contributed by atoms with Gasteiger partial charge in [0.25, 0.3) is 0 Å². The molecule has 0 spiro atoms. The number of unbranched alkanes of at least 4 members (excludes halogenated alkanes) is 13. The summed E-state index contributed by atoms with van der Waals surface area (Å²) in [5.41, 5.74) is 0. The van der Waals surface area contributed by atoms with E-state index in [1.54, 1.807) is 0 Å². The Morgan fingerprint density at radius 1 is 0.304 bits per heavy atom. The number of hydrogen-bond donors (Lipinski definition) is 2. The van der Waals surface area contributed by atoms with Crippen molar-refractivity contribution >= 4 is 62.9 Å². The van der Waals surface area contributed by atoms with E-state index in [2.05, 4.69) is 11.8 Å². The molecule has 0 bridgehead atoms. The molecule has 0 aliphatic heterocycles. The highest BCUT2D eigenvalue weighted by Crippen LogP contribution is 2.11. The van der Waals surface area contributed by atoms with Crippen LogP contribution in [0.5, 0.6) is 0 Å². The lowest BCUT2D eigenvalue weighted by Crippen LogP contribution is -2.27. The molecule has 0 rings (SSSR count). The number of aliphatic hydroxyl groups is 2. The van der Waals surface area contributed by atoms with Crippen LogP contribution in [-0.2, 0) is 76.4 Å². The predicted octanol–water partition coefficient (Wildman–Crippen LogP) is 5.14. The summed E-state index contributed by atoms with van der Waals surface area (Å²) < 4.78 is 30.7. The predicted molar refractivity (Wildman–Crippen MR) is 266 cm³/mol. The molecule has 0 fully saturated rings. The quantitative estimate of drug-likeness (QED) is 0.0590. The van der Waals surface area contributed by atoms with Crippen molar-refractivity contribution in [3.05, 3.63) is 0 Å². The molecule has 0 radical (unpaired) electrons. The molecule has 0 unspecified atom stereocenters. The molecule has 0 aromatic rings. The number of carbonyl (C=O) groups excluding carboxylic acids is 10. The van der Waals surface area contributed by atoms with Gasteiger partial charge in [0.1, 0.15) is 62.9 Å². The van der Waals surface area contributed by atoms with Gasteiger partial charge in [0.2, 0.25) is 0 Å². The van der Waals surface area contributed by atoms with Gasteiger partial charge in [0.05, 0.1) is 79.3 Å². The molecular formula is C50H95NO18. The Labute approximate surface area is 414 Å². The molecule has 0 heterocycles. The maximum absolute atomic E-state index is 10.4. The molecule has 0 atom stereocenters. The van der Waals surface area contributed by atoms with E-state index in [1.165, 1.54) is 78.1 Å². The van der Waals surface area contributed by atoms with Crippen LogP contribution in [0.15, 0.2) is 0 Å². The van der Waals surface area contributed by atoms with Gasteiger partial charge in [-0.05, 0) is 39.7 Å². The molecule has 0 aromatic heterocycles. The van der Waals surface area contributed by atoms with E-state index >= 15 is 0 Å². The smallest absolute Gasteiger partial charge is 0.121 e. The number of nitrogens with zero attached hydrogens (tertiary/aromatic N) is 1. The molecule has 19 nitrogen and oxygen atoms in total. The summed E-state index contributed by atoms with van der Waals surface area (Å²) in [5, 5.41) is 16.8. The molecule has 0 saturated heterocycles. The summed E-state index contributed by atoms with van der Waals surface area (Å²) in [6.07, 6.45) is 26.8. The molecule has 0 aliphatic rings. The van der Waals surface area contributed by atoms with Gasteiger partial charge < -0.3 is 91.5 Å². The normalized spacial score (nSPS) is 9.54. The first-order valence-electron chi connectivity index (χ1n) is 24.5. The van der Waals surface area contributed by atoms with E-state index in [1.807, 2.05) is 0 Å². The average Bonchev–Trinajstić information content (AvgIpc) is 3.36. The van der Waals surface area contributed by atoms with Crippen molar-refractivity contribution < 1.29 is 86.6 Å². The van der Waals surface area contributed by atoms with Gasteiger partial charge in [-0.2, -0.15) is 0 Å². The lowest BCUT2D eigenvalue weighted by Gasteiger charge is -2.20. The van der Waals surface area contributed by atoms with Crippen LogP contribution in [-0.4, -0.2) is 190 Å². The first kappa shape index (κ1) is 79.5.